The summed E-state index contributed by atoms with van der Waals surface area (Å²) < 4.78 is 33.3. The fourth-order valence-electron chi connectivity index (χ4n) is 2.63. The van der Waals surface area contributed by atoms with E-state index >= 15 is 0 Å². The molecular weight excluding hydrogens is 512 g/mol. The molecule has 0 saturated carbocycles. The van der Waals surface area contributed by atoms with Gasteiger partial charge in [0.2, 0.25) is 10.0 Å². The zero-order chi connectivity index (χ0) is 24.0. The number of hydrogen-bond donors (Lipinski definition) is 3. The van der Waals surface area contributed by atoms with E-state index in [2.05, 4.69) is 36.5 Å². The van der Waals surface area contributed by atoms with Crippen molar-refractivity contribution in [2.75, 3.05) is 5.32 Å². The number of benzene rings is 2. The summed E-state index contributed by atoms with van der Waals surface area (Å²) in [5.41, 5.74) is 4.67. The van der Waals surface area contributed by atoms with Gasteiger partial charge in [-0.15, -0.1) is 0 Å². The van der Waals surface area contributed by atoms with Crippen molar-refractivity contribution < 1.29 is 22.4 Å². The highest BCUT2D eigenvalue weighted by Gasteiger charge is 2.15. The molecule has 3 N–H and O–H groups in total. The molecule has 0 aliphatic rings. The van der Waals surface area contributed by atoms with E-state index in [-0.39, 0.29) is 17.2 Å². The summed E-state index contributed by atoms with van der Waals surface area (Å²) in [7, 11) is -3.70. The fraction of sp³-hybridized carbons (Fsp3) is 0.136. The normalized spacial score (nSPS) is 11.5. The molecule has 9 nitrogen and oxygen atoms in total. The van der Waals surface area contributed by atoms with Crippen LogP contribution in [-0.4, -0.2) is 26.4 Å². The van der Waals surface area contributed by atoms with Gasteiger partial charge in [-0.3, -0.25) is 9.59 Å². The van der Waals surface area contributed by atoms with Gasteiger partial charge in [-0.05, 0) is 73.5 Å². The monoisotopic (exact) mass is 532 g/mol. The number of anilines is 1. The average molecular weight is 533 g/mol. The zero-order valence-electron chi connectivity index (χ0n) is 17.8. The molecule has 1 heterocycles. The number of nitrogens with zero attached hydrogens (tertiary/aromatic N) is 1. The van der Waals surface area contributed by atoms with Crippen molar-refractivity contribution in [2.45, 2.75) is 25.3 Å². The lowest BCUT2D eigenvalue weighted by molar-refractivity contribution is -0.136. The van der Waals surface area contributed by atoms with Gasteiger partial charge in [0.15, 0.2) is 0 Å². The molecule has 0 aliphatic carbocycles. The standard InChI is InChI=1S/C22H21BrN4O5S/c1-14-3-6-17(11-15(14)2)26-21(28)22(29)27-24-12-18-7-8-19(32-18)13-25-33(30,31)20-9-4-16(23)5-10-20/h3-12,25H,13H2,1-2H3,(H,26,28)(H,27,29)/b24-12+. The Balaban J connectivity index is 1.50. The predicted octanol–water partition coefficient (Wildman–Crippen LogP) is 3.23. The highest BCUT2D eigenvalue weighted by atomic mass is 79.9. The first-order chi connectivity index (χ1) is 15.6. The molecule has 1 aromatic heterocycles. The van der Waals surface area contributed by atoms with E-state index in [9.17, 15) is 18.0 Å². The summed E-state index contributed by atoms with van der Waals surface area (Å²) in [6, 6.07) is 14.6. The molecule has 0 spiro atoms. The van der Waals surface area contributed by atoms with Gasteiger partial charge < -0.3 is 9.73 Å². The number of halogens is 1. The topological polar surface area (TPSA) is 130 Å². The summed E-state index contributed by atoms with van der Waals surface area (Å²) in [6.45, 7) is 3.77. The van der Waals surface area contributed by atoms with Gasteiger partial charge in [0.1, 0.15) is 11.5 Å². The van der Waals surface area contributed by atoms with E-state index in [1.54, 1.807) is 36.4 Å². The zero-order valence-corrected chi connectivity index (χ0v) is 20.2. The first-order valence-electron chi connectivity index (χ1n) is 9.69. The van der Waals surface area contributed by atoms with Gasteiger partial charge in [0.25, 0.3) is 0 Å². The molecule has 3 aromatic rings. The van der Waals surface area contributed by atoms with E-state index in [1.807, 2.05) is 19.9 Å². The molecular formula is C22H21BrN4O5S. The van der Waals surface area contributed by atoms with Crippen LogP contribution in [-0.2, 0) is 26.2 Å². The average Bonchev–Trinajstić information content (AvgIpc) is 3.23. The van der Waals surface area contributed by atoms with Crippen molar-refractivity contribution in [1.29, 1.82) is 0 Å². The second kappa shape index (κ2) is 10.6. The van der Waals surface area contributed by atoms with E-state index in [1.165, 1.54) is 18.3 Å². The Morgan fingerprint density at radius 2 is 1.73 bits per heavy atom. The van der Waals surface area contributed by atoms with Crippen LogP contribution in [0.15, 0.2) is 73.5 Å². The Labute approximate surface area is 199 Å². The van der Waals surface area contributed by atoms with Gasteiger partial charge in [-0.25, -0.2) is 18.6 Å². The van der Waals surface area contributed by atoms with Crippen LogP contribution in [0.1, 0.15) is 22.6 Å². The molecule has 2 amide bonds. The van der Waals surface area contributed by atoms with Gasteiger partial charge in [0, 0.05) is 10.2 Å². The lowest BCUT2D eigenvalue weighted by atomic mass is 10.1. The summed E-state index contributed by atoms with van der Waals surface area (Å²) in [6.07, 6.45) is 1.20. The van der Waals surface area contributed by atoms with Crippen LogP contribution >= 0.6 is 15.9 Å². The number of furan rings is 1. The highest BCUT2D eigenvalue weighted by Crippen LogP contribution is 2.16. The van der Waals surface area contributed by atoms with Gasteiger partial charge in [-0.1, -0.05) is 22.0 Å². The smallest absolute Gasteiger partial charge is 0.329 e. The fourth-order valence-corrected chi connectivity index (χ4v) is 3.89. The number of amides is 2. The third-order valence-electron chi connectivity index (χ3n) is 4.57. The quantitative estimate of drug-likeness (QED) is 0.244. The highest BCUT2D eigenvalue weighted by molar-refractivity contribution is 9.10. The molecule has 11 heteroatoms. The minimum Gasteiger partial charge on any atom is -0.459 e. The third-order valence-corrected chi connectivity index (χ3v) is 6.52. The van der Waals surface area contributed by atoms with Crippen molar-refractivity contribution in [2.24, 2.45) is 5.10 Å². The van der Waals surface area contributed by atoms with E-state index in [0.717, 1.165) is 15.6 Å². The van der Waals surface area contributed by atoms with Gasteiger partial charge in [-0.2, -0.15) is 5.10 Å². The summed E-state index contributed by atoms with van der Waals surface area (Å²) in [5, 5.41) is 6.19. The third kappa shape index (κ3) is 6.85. The number of aryl methyl sites for hydroxylation is 2. The van der Waals surface area contributed by atoms with Crippen molar-refractivity contribution >= 4 is 49.7 Å². The lowest BCUT2D eigenvalue weighted by Crippen LogP contribution is -2.32. The Morgan fingerprint density at radius 1 is 1.00 bits per heavy atom. The summed E-state index contributed by atoms with van der Waals surface area (Å²) in [4.78, 5) is 24.0. The molecule has 0 radical (unpaired) electrons. The van der Waals surface area contributed by atoms with Crippen molar-refractivity contribution in [3.63, 3.8) is 0 Å². The minimum absolute atomic E-state index is 0.0725. The van der Waals surface area contributed by atoms with Gasteiger partial charge in [0.05, 0.1) is 17.7 Å². The molecule has 2 aromatic carbocycles. The molecule has 0 atom stereocenters. The molecule has 3 rings (SSSR count). The number of nitrogens with one attached hydrogen (secondary N) is 3. The maximum Gasteiger partial charge on any atom is 0.329 e. The molecule has 0 bridgehead atoms. The van der Waals surface area contributed by atoms with Crippen molar-refractivity contribution in [1.82, 2.24) is 10.1 Å². The van der Waals surface area contributed by atoms with Crippen LogP contribution in [0.4, 0.5) is 5.69 Å². The molecule has 0 unspecified atom stereocenters. The number of carbonyl (C=O) groups is 2. The second-order valence-corrected chi connectivity index (χ2v) is 9.72. The number of rotatable bonds is 7. The number of sulfonamides is 1. The second-order valence-electron chi connectivity index (χ2n) is 7.03. The first-order valence-corrected chi connectivity index (χ1v) is 12.0. The van der Waals surface area contributed by atoms with Crippen LogP contribution < -0.4 is 15.5 Å². The maximum absolute atomic E-state index is 12.3. The van der Waals surface area contributed by atoms with Crippen LogP contribution in [0.25, 0.3) is 0 Å². The van der Waals surface area contributed by atoms with Crippen LogP contribution in [0, 0.1) is 13.8 Å². The first kappa shape index (κ1) is 24.4. The molecule has 0 fully saturated rings. The molecule has 0 aliphatic heterocycles. The maximum atomic E-state index is 12.3. The molecule has 33 heavy (non-hydrogen) atoms. The van der Waals surface area contributed by atoms with Crippen LogP contribution in [0.3, 0.4) is 0 Å². The van der Waals surface area contributed by atoms with Crippen LogP contribution in [0.2, 0.25) is 0 Å². The van der Waals surface area contributed by atoms with Gasteiger partial charge >= 0.3 is 11.8 Å². The number of hydrazone groups is 1. The summed E-state index contributed by atoms with van der Waals surface area (Å²) in [5.74, 6) is -1.20. The molecule has 0 saturated heterocycles. The van der Waals surface area contributed by atoms with Crippen molar-refractivity contribution in [3.8, 4) is 0 Å². The lowest BCUT2D eigenvalue weighted by Gasteiger charge is -2.06. The predicted molar refractivity (Wildman–Crippen MR) is 127 cm³/mol. The number of hydrogen-bond acceptors (Lipinski definition) is 6. The van der Waals surface area contributed by atoms with E-state index < -0.39 is 21.8 Å². The Morgan fingerprint density at radius 3 is 2.42 bits per heavy atom. The van der Waals surface area contributed by atoms with Crippen LogP contribution in [0.5, 0.6) is 0 Å². The Kier molecular flexibility index (Phi) is 7.79. The van der Waals surface area contributed by atoms with Crippen molar-refractivity contribution in [3.05, 3.63) is 81.7 Å². The largest absolute Gasteiger partial charge is 0.459 e. The summed E-state index contributed by atoms with van der Waals surface area (Å²) >= 11 is 3.26. The Hall–Kier alpha value is -3.28. The Bertz CT molecular complexity index is 1300. The minimum atomic E-state index is -3.70. The van der Waals surface area contributed by atoms with E-state index in [0.29, 0.717) is 11.4 Å². The molecule has 172 valence electrons. The SMILES string of the molecule is Cc1ccc(NC(=O)C(=O)N/N=C/c2ccc(CNS(=O)(=O)c3ccc(Br)cc3)o2)cc1C. The van der Waals surface area contributed by atoms with E-state index in [4.69, 9.17) is 4.42 Å². The number of carbonyl (C=O) groups excluding carboxylic acids is 2.